The minimum absolute atomic E-state index is 0.0666. The van der Waals surface area contributed by atoms with Gasteiger partial charge in [0.25, 0.3) is 5.56 Å². The number of ether oxygens (including phenoxy) is 1. The highest BCUT2D eigenvalue weighted by molar-refractivity contribution is 6.31. The number of amides is 1. The van der Waals surface area contributed by atoms with Crippen LogP contribution in [-0.2, 0) is 16.6 Å². The van der Waals surface area contributed by atoms with E-state index in [4.69, 9.17) is 21.3 Å². The van der Waals surface area contributed by atoms with Gasteiger partial charge in [0.1, 0.15) is 5.82 Å². The van der Waals surface area contributed by atoms with Crippen molar-refractivity contribution in [1.82, 2.24) is 14.5 Å². The topological polar surface area (TPSA) is 64.4 Å². The van der Waals surface area contributed by atoms with Crippen molar-refractivity contribution < 1.29 is 9.53 Å². The fourth-order valence-corrected chi connectivity index (χ4v) is 4.22. The molecule has 0 bridgehead atoms. The predicted molar refractivity (Wildman–Crippen MR) is 111 cm³/mol. The Kier molecular flexibility index (Phi) is 6.73. The van der Waals surface area contributed by atoms with Crippen LogP contribution in [0, 0.1) is 5.92 Å². The zero-order chi connectivity index (χ0) is 20.3. The summed E-state index contributed by atoms with van der Waals surface area (Å²) in [5.74, 6) is 0.794. The van der Waals surface area contributed by atoms with Crippen LogP contribution in [0.1, 0.15) is 50.9 Å². The van der Waals surface area contributed by atoms with Gasteiger partial charge in [0, 0.05) is 38.2 Å². The van der Waals surface area contributed by atoms with Crippen molar-refractivity contribution >= 4 is 28.4 Å². The SMILES string of the molecule is COCCCN(C(=O)C1CCCC1)C(C)c1nc2cc(Cl)ccc2c(=O)n1C. The molecule has 0 saturated heterocycles. The van der Waals surface area contributed by atoms with Crippen LogP contribution in [0.4, 0.5) is 0 Å². The number of benzene rings is 1. The fraction of sp³-hybridized carbons (Fsp3) is 0.571. The number of nitrogens with zero attached hydrogens (tertiary/aromatic N) is 3. The zero-order valence-corrected chi connectivity index (χ0v) is 17.5. The Balaban J connectivity index is 1.98. The number of carbonyl (C=O) groups excluding carboxylic acids is 1. The summed E-state index contributed by atoms with van der Waals surface area (Å²) in [6.07, 6.45) is 4.81. The van der Waals surface area contributed by atoms with Crippen LogP contribution in [0.25, 0.3) is 10.9 Å². The molecule has 3 rings (SSSR count). The molecule has 0 N–H and O–H groups in total. The van der Waals surface area contributed by atoms with Gasteiger partial charge in [-0.05, 0) is 44.4 Å². The third-order valence-electron chi connectivity index (χ3n) is 5.65. The number of aromatic nitrogens is 2. The number of hydrogen-bond donors (Lipinski definition) is 0. The van der Waals surface area contributed by atoms with Crippen molar-refractivity contribution in [3.05, 3.63) is 39.4 Å². The maximum atomic E-state index is 13.2. The van der Waals surface area contributed by atoms with Crippen molar-refractivity contribution in [1.29, 1.82) is 0 Å². The lowest BCUT2D eigenvalue weighted by Crippen LogP contribution is -2.40. The van der Waals surface area contributed by atoms with E-state index in [2.05, 4.69) is 0 Å². The molecule has 6 nitrogen and oxygen atoms in total. The number of rotatable bonds is 7. The first-order valence-electron chi connectivity index (χ1n) is 9.89. The maximum absolute atomic E-state index is 13.2. The van der Waals surface area contributed by atoms with Gasteiger partial charge in [-0.3, -0.25) is 14.2 Å². The van der Waals surface area contributed by atoms with Gasteiger partial charge in [0.05, 0.1) is 16.9 Å². The standard InChI is InChI=1S/C21H28ClN3O3/c1-14(25(11-6-12-28-3)20(26)15-7-4-5-8-15)19-23-18-13-16(22)9-10-17(18)21(27)24(19)2/h9-10,13-15H,4-8,11-12H2,1-3H3. The Morgan fingerprint density at radius 1 is 1.39 bits per heavy atom. The average Bonchev–Trinajstić information content (AvgIpc) is 3.22. The summed E-state index contributed by atoms with van der Waals surface area (Å²) >= 11 is 6.10. The van der Waals surface area contributed by atoms with Gasteiger partial charge in [0.15, 0.2) is 0 Å². The first-order chi connectivity index (χ1) is 13.4. The third kappa shape index (κ3) is 4.23. The Bertz CT molecular complexity index is 906. The summed E-state index contributed by atoms with van der Waals surface area (Å²) in [5, 5.41) is 1.06. The zero-order valence-electron chi connectivity index (χ0n) is 16.8. The molecule has 0 spiro atoms. The van der Waals surface area contributed by atoms with Crippen molar-refractivity contribution in [2.75, 3.05) is 20.3 Å². The highest BCUT2D eigenvalue weighted by atomic mass is 35.5. The molecule has 1 aromatic heterocycles. The van der Waals surface area contributed by atoms with Crippen LogP contribution >= 0.6 is 11.6 Å². The van der Waals surface area contributed by atoms with Gasteiger partial charge in [-0.25, -0.2) is 4.98 Å². The van der Waals surface area contributed by atoms with Crippen molar-refractivity contribution in [2.24, 2.45) is 13.0 Å². The predicted octanol–water partition coefficient (Wildman–Crippen LogP) is 3.70. The Labute approximate surface area is 170 Å². The minimum Gasteiger partial charge on any atom is -0.385 e. The molecule has 1 aromatic carbocycles. The van der Waals surface area contributed by atoms with Crippen molar-refractivity contribution in [3.8, 4) is 0 Å². The summed E-state index contributed by atoms with van der Waals surface area (Å²) in [4.78, 5) is 32.6. The van der Waals surface area contributed by atoms with E-state index in [1.54, 1.807) is 36.9 Å². The second kappa shape index (κ2) is 9.05. The summed E-state index contributed by atoms with van der Waals surface area (Å²) in [7, 11) is 3.37. The van der Waals surface area contributed by atoms with Gasteiger partial charge in [-0.2, -0.15) is 0 Å². The summed E-state index contributed by atoms with van der Waals surface area (Å²) in [6.45, 7) is 3.10. The number of halogens is 1. The molecule has 1 saturated carbocycles. The molecule has 152 valence electrons. The molecule has 0 aliphatic heterocycles. The molecule has 2 aromatic rings. The molecule has 0 radical (unpaired) electrons. The van der Waals surface area contributed by atoms with E-state index in [0.29, 0.717) is 34.9 Å². The van der Waals surface area contributed by atoms with E-state index in [-0.39, 0.29) is 23.4 Å². The van der Waals surface area contributed by atoms with E-state index in [9.17, 15) is 9.59 Å². The highest BCUT2D eigenvalue weighted by Gasteiger charge is 2.31. The van der Waals surface area contributed by atoms with E-state index in [1.165, 1.54) is 0 Å². The monoisotopic (exact) mass is 405 g/mol. The normalized spacial score (nSPS) is 15.9. The maximum Gasteiger partial charge on any atom is 0.261 e. The summed E-state index contributed by atoms with van der Waals surface area (Å²) in [5.41, 5.74) is 0.427. The molecule has 1 atom stereocenters. The first-order valence-corrected chi connectivity index (χ1v) is 10.3. The van der Waals surface area contributed by atoms with Gasteiger partial charge < -0.3 is 9.64 Å². The van der Waals surface area contributed by atoms with Gasteiger partial charge in [-0.15, -0.1) is 0 Å². The summed E-state index contributed by atoms with van der Waals surface area (Å²) in [6, 6.07) is 4.77. The van der Waals surface area contributed by atoms with E-state index in [1.807, 2.05) is 11.8 Å². The highest BCUT2D eigenvalue weighted by Crippen LogP contribution is 2.30. The Hall–Kier alpha value is -1.92. The molecule has 7 heteroatoms. The Morgan fingerprint density at radius 3 is 2.79 bits per heavy atom. The fourth-order valence-electron chi connectivity index (χ4n) is 4.06. The third-order valence-corrected chi connectivity index (χ3v) is 5.88. The lowest BCUT2D eigenvalue weighted by molar-refractivity contribution is -0.138. The lowest BCUT2D eigenvalue weighted by Gasteiger charge is -2.32. The van der Waals surface area contributed by atoms with Gasteiger partial charge >= 0.3 is 0 Å². The number of fused-ring (bicyclic) bond motifs is 1. The summed E-state index contributed by atoms with van der Waals surface area (Å²) < 4.78 is 6.72. The Morgan fingerprint density at radius 2 is 2.11 bits per heavy atom. The molecule has 1 aliphatic rings. The second-order valence-corrected chi connectivity index (χ2v) is 7.97. The average molecular weight is 406 g/mol. The molecular weight excluding hydrogens is 378 g/mol. The molecule has 1 unspecified atom stereocenters. The smallest absolute Gasteiger partial charge is 0.261 e. The van der Waals surface area contributed by atoms with E-state index < -0.39 is 0 Å². The van der Waals surface area contributed by atoms with Crippen LogP contribution in [0.5, 0.6) is 0 Å². The van der Waals surface area contributed by atoms with Gasteiger partial charge in [-0.1, -0.05) is 24.4 Å². The molecule has 28 heavy (non-hydrogen) atoms. The largest absolute Gasteiger partial charge is 0.385 e. The minimum atomic E-state index is -0.314. The van der Waals surface area contributed by atoms with Crippen molar-refractivity contribution in [2.45, 2.75) is 45.1 Å². The molecule has 1 fully saturated rings. The van der Waals surface area contributed by atoms with Crippen LogP contribution in [0.15, 0.2) is 23.0 Å². The van der Waals surface area contributed by atoms with Crippen LogP contribution in [0.2, 0.25) is 5.02 Å². The van der Waals surface area contributed by atoms with Crippen LogP contribution < -0.4 is 5.56 Å². The molecular formula is C21H28ClN3O3. The number of methoxy groups -OCH3 is 1. The molecule has 1 heterocycles. The molecule has 1 amide bonds. The van der Waals surface area contributed by atoms with Crippen LogP contribution in [-0.4, -0.2) is 40.6 Å². The van der Waals surface area contributed by atoms with E-state index >= 15 is 0 Å². The number of carbonyl (C=O) groups is 1. The number of hydrogen-bond acceptors (Lipinski definition) is 4. The van der Waals surface area contributed by atoms with Gasteiger partial charge in [0.2, 0.25) is 5.91 Å². The van der Waals surface area contributed by atoms with E-state index in [0.717, 1.165) is 32.1 Å². The first kappa shape index (κ1) is 20.8. The molecule has 1 aliphatic carbocycles. The quantitative estimate of drug-likeness (QED) is 0.659. The van der Waals surface area contributed by atoms with Crippen molar-refractivity contribution in [3.63, 3.8) is 0 Å². The second-order valence-electron chi connectivity index (χ2n) is 7.53. The lowest BCUT2D eigenvalue weighted by atomic mass is 10.0. The van der Waals surface area contributed by atoms with Crippen LogP contribution in [0.3, 0.4) is 0 Å².